The highest BCUT2D eigenvalue weighted by atomic mass is 35.5. The Kier molecular flexibility index (Phi) is 5.10. The van der Waals surface area contributed by atoms with Crippen LogP contribution in [0.25, 0.3) is 0 Å². The first kappa shape index (κ1) is 17.2. The Hall–Kier alpha value is -1.60. The Bertz CT molecular complexity index is 812. The third-order valence-corrected chi connectivity index (χ3v) is 6.06. The maximum absolute atomic E-state index is 13.2. The summed E-state index contributed by atoms with van der Waals surface area (Å²) in [6, 6.07) is 14.5. The van der Waals surface area contributed by atoms with Gasteiger partial charge in [-0.15, -0.1) is 0 Å². The highest BCUT2D eigenvalue weighted by Gasteiger charge is 2.37. The van der Waals surface area contributed by atoms with E-state index in [0.717, 1.165) is 18.5 Å². The van der Waals surface area contributed by atoms with Gasteiger partial charge in [-0.25, -0.2) is 4.31 Å². The summed E-state index contributed by atoms with van der Waals surface area (Å²) >= 11 is 6.12. The molecule has 0 amide bonds. The van der Waals surface area contributed by atoms with Crippen molar-refractivity contribution >= 4 is 33.2 Å². The number of rotatable bonds is 5. The first-order chi connectivity index (χ1) is 11.5. The molecule has 3 rings (SSSR count). The molecule has 0 aromatic heterocycles. The standard InChI is InChI=1S/C17H20ClN3O2S/c1-19-10-5-11-20-13-14-12-15(18)8-9-17(14)21(24(20,22)23)16-6-3-2-4-7-16/h2-4,6-9,12,19H,5,10-11,13H2,1H3. The molecule has 0 spiro atoms. The van der Waals surface area contributed by atoms with Crippen LogP contribution in [-0.4, -0.2) is 32.9 Å². The van der Waals surface area contributed by atoms with Crippen molar-refractivity contribution in [1.82, 2.24) is 9.62 Å². The normalized spacial score (nSPS) is 16.8. The van der Waals surface area contributed by atoms with Gasteiger partial charge in [-0.05, 0) is 55.9 Å². The van der Waals surface area contributed by atoms with Crippen LogP contribution >= 0.6 is 11.6 Å². The van der Waals surface area contributed by atoms with Gasteiger partial charge in [0.05, 0.1) is 11.4 Å². The van der Waals surface area contributed by atoms with Crippen LogP contribution in [0.3, 0.4) is 0 Å². The third-order valence-electron chi connectivity index (χ3n) is 3.99. The molecule has 0 bridgehead atoms. The quantitative estimate of drug-likeness (QED) is 0.828. The zero-order chi connectivity index (χ0) is 17.2. The van der Waals surface area contributed by atoms with Gasteiger partial charge >= 0.3 is 10.2 Å². The topological polar surface area (TPSA) is 52.6 Å². The lowest BCUT2D eigenvalue weighted by molar-refractivity contribution is 0.392. The van der Waals surface area contributed by atoms with Gasteiger partial charge in [-0.1, -0.05) is 29.8 Å². The molecule has 2 aromatic rings. The Balaban J connectivity index is 2.07. The Morgan fingerprint density at radius 2 is 1.92 bits per heavy atom. The second kappa shape index (κ2) is 7.11. The number of benzene rings is 2. The van der Waals surface area contributed by atoms with Crippen LogP contribution in [0.15, 0.2) is 48.5 Å². The number of halogens is 1. The SMILES string of the molecule is CNCCCN1Cc2cc(Cl)ccc2N(c2ccccc2)S1(=O)=O. The molecular weight excluding hydrogens is 346 g/mol. The van der Waals surface area contributed by atoms with E-state index in [4.69, 9.17) is 11.6 Å². The Labute approximate surface area is 148 Å². The minimum atomic E-state index is -3.63. The van der Waals surface area contributed by atoms with E-state index >= 15 is 0 Å². The van der Waals surface area contributed by atoms with Gasteiger partial charge in [-0.3, -0.25) is 0 Å². The summed E-state index contributed by atoms with van der Waals surface area (Å²) in [5.41, 5.74) is 2.19. The van der Waals surface area contributed by atoms with Crippen molar-refractivity contribution in [3.8, 4) is 0 Å². The summed E-state index contributed by atoms with van der Waals surface area (Å²) in [5.74, 6) is 0. The second-order valence-electron chi connectivity index (χ2n) is 5.67. The fourth-order valence-electron chi connectivity index (χ4n) is 2.85. The van der Waals surface area contributed by atoms with Crippen LogP contribution in [0.1, 0.15) is 12.0 Å². The van der Waals surface area contributed by atoms with Crippen molar-refractivity contribution in [2.75, 3.05) is 24.4 Å². The molecule has 1 heterocycles. The number of hydrogen-bond acceptors (Lipinski definition) is 3. The fourth-order valence-corrected chi connectivity index (χ4v) is 4.75. The van der Waals surface area contributed by atoms with Crippen molar-refractivity contribution in [3.05, 3.63) is 59.1 Å². The molecule has 1 N–H and O–H groups in total. The largest absolute Gasteiger partial charge is 0.320 e. The molecule has 0 saturated heterocycles. The van der Waals surface area contributed by atoms with Gasteiger partial charge in [0.15, 0.2) is 0 Å². The van der Waals surface area contributed by atoms with Crippen molar-refractivity contribution in [3.63, 3.8) is 0 Å². The smallest absolute Gasteiger partial charge is 0.308 e. The summed E-state index contributed by atoms with van der Waals surface area (Å²) in [4.78, 5) is 0. The first-order valence-electron chi connectivity index (χ1n) is 7.82. The van der Waals surface area contributed by atoms with Gasteiger partial charge in [0.25, 0.3) is 0 Å². The van der Waals surface area contributed by atoms with Gasteiger partial charge in [-0.2, -0.15) is 12.7 Å². The Morgan fingerprint density at radius 1 is 1.17 bits per heavy atom. The molecule has 2 aromatic carbocycles. The summed E-state index contributed by atoms with van der Waals surface area (Å²) in [5, 5.41) is 3.66. The lowest BCUT2D eigenvalue weighted by Crippen LogP contribution is -2.46. The fraction of sp³-hybridized carbons (Fsp3) is 0.294. The molecule has 0 fully saturated rings. The second-order valence-corrected chi connectivity index (χ2v) is 7.89. The van der Waals surface area contributed by atoms with Gasteiger partial charge in [0.1, 0.15) is 0 Å². The molecule has 0 atom stereocenters. The molecule has 0 unspecified atom stereocenters. The maximum atomic E-state index is 13.2. The van der Waals surface area contributed by atoms with E-state index in [0.29, 0.717) is 29.5 Å². The van der Waals surface area contributed by atoms with Gasteiger partial charge in [0, 0.05) is 18.1 Å². The van der Waals surface area contributed by atoms with Crippen LogP contribution in [0.2, 0.25) is 5.02 Å². The van der Waals surface area contributed by atoms with Gasteiger partial charge < -0.3 is 5.32 Å². The average molecular weight is 366 g/mol. The lowest BCUT2D eigenvalue weighted by Gasteiger charge is -2.37. The minimum Gasteiger partial charge on any atom is -0.320 e. The van der Waals surface area contributed by atoms with Crippen molar-refractivity contribution in [2.45, 2.75) is 13.0 Å². The van der Waals surface area contributed by atoms with Crippen LogP contribution < -0.4 is 9.62 Å². The maximum Gasteiger partial charge on any atom is 0.308 e. The van der Waals surface area contributed by atoms with Crippen molar-refractivity contribution in [2.24, 2.45) is 0 Å². The zero-order valence-electron chi connectivity index (χ0n) is 13.4. The lowest BCUT2D eigenvalue weighted by atomic mass is 10.1. The van der Waals surface area contributed by atoms with Gasteiger partial charge in [0.2, 0.25) is 0 Å². The molecular formula is C17H20ClN3O2S. The third kappa shape index (κ3) is 3.28. The molecule has 7 heteroatoms. The molecule has 24 heavy (non-hydrogen) atoms. The summed E-state index contributed by atoms with van der Waals surface area (Å²) in [6.07, 6.45) is 0.744. The number of nitrogens with zero attached hydrogens (tertiary/aromatic N) is 2. The van der Waals surface area contributed by atoms with Crippen LogP contribution in [-0.2, 0) is 16.8 Å². The molecule has 0 aliphatic carbocycles. The summed E-state index contributed by atoms with van der Waals surface area (Å²) in [7, 11) is -1.77. The summed E-state index contributed by atoms with van der Waals surface area (Å²) in [6.45, 7) is 1.56. The average Bonchev–Trinajstić information content (AvgIpc) is 2.56. The number of nitrogens with one attached hydrogen (secondary N) is 1. The van der Waals surface area contributed by atoms with E-state index in [1.54, 1.807) is 24.3 Å². The summed E-state index contributed by atoms with van der Waals surface area (Å²) < 4.78 is 29.2. The minimum absolute atomic E-state index is 0.339. The van der Waals surface area contributed by atoms with E-state index in [-0.39, 0.29) is 0 Å². The number of hydrogen-bond donors (Lipinski definition) is 1. The highest BCUT2D eigenvalue weighted by Crippen LogP contribution is 2.39. The van der Waals surface area contributed by atoms with E-state index in [1.165, 1.54) is 8.61 Å². The van der Waals surface area contributed by atoms with E-state index in [1.807, 2.05) is 31.3 Å². The predicted molar refractivity (Wildman–Crippen MR) is 97.9 cm³/mol. The van der Waals surface area contributed by atoms with Crippen molar-refractivity contribution in [1.29, 1.82) is 0 Å². The van der Waals surface area contributed by atoms with Crippen LogP contribution in [0.5, 0.6) is 0 Å². The highest BCUT2D eigenvalue weighted by molar-refractivity contribution is 7.90. The number of para-hydroxylation sites is 1. The Morgan fingerprint density at radius 3 is 2.62 bits per heavy atom. The molecule has 1 aliphatic rings. The molecule has 5 nitrogen and oxygen atoms in total. The zero-order valence-corrected chi connectivity index (χ0v) is 15.0. The molecule has 1 aliphatic heterocycles. The van der Waals surface area contributed by atoms with Crippen LogP contribution in [0.4, 0.5) is 11.4 Å². The number of fused-ring (bicyclic) bond motifs is 1. The molecule has 0 radical (unpaired) electrons. The predicted octanol–water partition coefficient (Wildman–Crippen LogP) is 3.15. The molecule has 0 saturated carbocycles. The number of anilines is 2. The first-order valence-corrected chi connectivity index (χ1v) is 9.60. The van der Waals surface area contributed by atoms with E-state index < -0.39 is 10.2 Å². The molecule has 128 valence electrons. The van der Waals surface area contributed by atoms with Crippen LogP contribution in [0, 0.1) is 0 Å². The van der Waals surface area contributed by atoms with Crippen molar-refractivity contribution < 1.29 is 8.42 Å². The van der Waals surface area contributed by atoms with E-state index in [2.05, 4.69) is 5.32 Å². The monoisotopic (exact) mass is 365 g/mol. The van der Waals surface area contributed by atoms with E-state index in [9.17, 15) is 8.42 Å².